The lowest BCUT2D eigenvalue weighted by Gasteiger charge is -2.29. The fraction of sp³-hybridized carbons (Fsp3) is 0.375. The summed E-state index contributed by atoms with van der Waals surface area (Å²) in [5, 5.41) is 9.87. The maximum atomic E-state index is 13.9. The van der Waals surface area contributed by atoms with Gasteiger partial charge in [0, 0.05) is 29.6 Å². The molecule has 0 saturated heterocycles. The van der Waals surface area contributed by atoms with Gasteiger partial charge in [0.15, 0.2) is 0 Å². The van der Waals surface area contributed by atoms with E-state index in [1.165, 1.54) is 0 Å². The highest BCUT2D eigenvalue weighted by molar-refractivity contribution is 7.92. The molecule has 13 heteroatoms. The van der Waals surface area contributed by atoms with E-state index in [1.807, 2.05) is 0 Å². The normalized spacial score (nSPS) is 19.4. The second-order valence-electron chi connectivity index (χ2n) is 6.34. The summed E-state index contributed by atoms with van der Waals surface area (Å²) >= 11 is 0. The SMILES string of the molecule is O=S(=O)(c1cn(-c2ccc(F)c(C(F)F)c2)c2c1[C@H](O)C(F)(F)CC2)C(F)(F)F. The smallest absolute Gasteiger partial charge is 0.382 e. The molecule has 4 nitrogen and oxygen atoms in total. The van der Waals surface area contributed by atoms with Crippen molar-refractivity contribution in [2.24, 2.45) is 0 Å². The Morgan fingerprint density at radius 1 is 1.21 bits per heavy atom. The van der Waals surface area contributed by atoms with Crippen LogP contribution < -0.4 is 0 Å². The molecule has 0 unspecified atom stereocenters. The van der Waals surface area contributed by atoms with Crippen molar-refractivity contribution in [3.63, 3.8) is 0 Å². The molecule has 1 aromatic carbocycles. The van der Waals surface area contributed by atoms with Crippen LogP contribution in [0.2, 0.25) is 0 Å². The molecule has 0 saturated carbocycles. The van der Waals surface area contributed by atoms with Gasteiger partial charge >= 0.3 is 5.51 Å². The number of nitrogens with zero attached hydrogens (tertiary/aromatic N) is 1. The third-order valence-corrected chi connectivity index (χ3v) is 6.08. The quantitative estimate of drug-likeness (QED) is 0.704. The number of rotatable bonds is 3. The molecule has 1 heterocycles. The van der Waals surface area contributed by atoms with E-state index in [0.29, 0.717) is 22.9 Å². The van der Waals surface area contributed by atoms with Gasteiger partial charge in [-0.05, 0) is 24.6 Å². The number of aliphatic hydroxyl groups excluding tert-OH is 1. The predicted molar refractivity (Wildman–Crippen MR) is 82.2 cm³/mol. The topological polar surface area (TPSA) is 59.3 Å². The van der Waals surface area contributed by atoms with Crippen molar-refractivity contribution in [1.82, 2.24) is 4.57 Å². The van der Waals surface area contributed by atoms with Crippen molar-refractivity contribution in [1.29, 1.82) is 0 Å². The number of aromatic nitrogens is 1. The molecule has 0 radical (unpaired) electrons. The fourth-order valence-corrected chi connectivity index (χ4v) is 4.15. The molecule has 3 rings (SSSR count). The summed E-state index contributed by atoms with van der Waals surface area (Å²) in [6.45, 7) is 0. The lowest BCUT2D eigenvalue weighted by molar-refractivity contribution is -0.123. The molecule has 1 aliphatic carbocycles. The highest BCUT2D eigenvalue weighted by atomic mass is 32.2. The van der Waals surface area contributed by atoms with Gasteiger partial charge in [0.1, 0.15) is 16.8 Å². The second kappa shape index (κ2) is 6.69. The van der Waals surface area contributed by atoms with Crippen LogP contribution in [-0.2, 0) is 16.3 Å². The zero-order chi connectivity index (χ0) is 21.9. The number of hydrogen-bond acceptors (Lipinski definition) is 3. The summed E-state index contributed by atoms with van der Waals surface area (Å²) in [6.07, 6.45) is -7.53. The van der Waals surface area contributed by atoms with Crippen molar-refractivity contribution in [2.75, 3.05) is 0 Å². The van der Waals surface area contributed by atoms with Crippen molar-refractivity contribution in [2.45, 2.75) is 41.7 Å². The predicted octanol–water partition coefficient (Wildman–Crippen LogP) is 4.46. The minimum Gasteiger partial charge on any atom is -0.382 e. The number of aliphatic hydroxyl groups is 1. The molecule has 0 amide bonds. The molecule has 1 atom stereocenters. The Balaban J connectivity index is 2.33. The molecule has 0 fully saturated rings. The van der Waals surface area contributed by atoms with Crippen LogP contribution in [0.5, 0.6) is 0 Å². The highest BCUT2D eigenvalue weighted by Gasteiger charge is 2.54. The summed E-state index contributed by atoms with van der Waals surface area (Å²) in [6, 6.07) is 2.00. The Hall–Kier alpha value is -2.15. The summed E-state index contributed by atoms with van der Waals surface area (Å²) in [5.41, 5.74) is -8.96. The van der Waals surface area contributed by atoms with Gasteiger partial charge in [-0.3, -0.25) is 0 Å². The minimum atomic E-state index is -6.16. The molecule has 1 aromatic heterocycles. The van der Waals surface area contributed by atoms with Gasteiger partial charge in [-0.25, -0.2) is 30.4 Å². The molecule has 0 bridgehead atoms. The number of alkyl halides is 7. The lowest BCUT2D eigenvalue weighted by Crippen LogP contribution is -2.34. The Bertz CT molecular complexity index is 1060. The molecule has 2 aromatic rings. The molecule has 1 aliphatic rings. The lowest BCUT2D eigenvalue weighted by atomic mass is 9.91. The Labute approximate surface area is 158 Å². The van der Waals surface area contributed by atoms with Gasteiger partial charge in [0.2, 0.25) is 0 Å². The molecule has 1 N–H and O–H groups in total. The largest absolute Gasteiger partial charge is 0.501 e. The van der Waals surface area contributed by atoms with Crippen molar-refractivity contribution >= 4 is 9.84 Å². The molecule has 0 aliphatic heterocycles. The van der Waals surface area contributed by atoms with E-state index in [4.69, 9.17) is 0 Å². The Kier molecular flexibility index (Phi) is 4.97. The zero-order valence-corrected chi connectivity index (χ0v) is 14.8. The van der Waals surface area contributed by atoms with E-state index < -0.39 is 74.2 Å². The number of fused-ring (bicyclic) bond motifs is 1. The third-order valence-electron chi connectivity index (χ3n) is 4.57. The van der Waals surface area contributed by atoms with Gasteiger partial charge in [0.05, 0.1) is 5.56 Å². The van der Waals surface area contributed by atoms with E-state index in [9.17, 15) is 48.6 Å². The Morgan fingerprint density at radius 3 is 2.38 bits per heavy atom. The monoisotopic (exact) mass is 449 g/mol. The summed E-state index contributed by atoms with van der Waals surface area (Å²) in [4.78, 5) is -1.62. The second-order valence-corrected chi connectivity index (χ2v) is 8.25. The van der Waals surface area contributed by atoms with Crippen LogP contribution >= 0.6 is 0 Å². The van der Waals surface area contributed by atoms with Crippen LogP contribution in [0.15, 0.2) is 29.3 Å². The van der Waals surface area contributed by atoms with E-state index in [1.54, 1.807) is 0 Å². The van der Waals surface area contributed by atoms with Crippen LogP contribution in [0, 0.1) is 5.82 Å². The van der Waals surface area contributed by atoms with Crippen LogP contribution in [0.3, 0.4) is 0 Å². The average Bonchev–Trinajstić information content (AvgIpc) is 2.98. The summed E-state index contributed by atoms with van der Waals surface area (Å²) in [7, 11) is -6.16. The van der Waals surface area contributed by atoms with E-state index in [-0.39, 0.29) is 5.69 Å². The van der Waals surface area contributed by atoms with Gasteiger partial charge in [0.25, 0.3) is 22.2 Å². The maximum absolute atomic E-state index is 13.9. The first kappa shape index (κ1) is 21.6. The van der Waals surface area contributed by atoms with Crippen LogP contribution in [0.4, 0.5) is 35.1 Å². The van der Waals surface area contributed by atoms with Gasteiger partial charge in [-0.2, -0.15) is 13.2 Å². The van der Waals surface area contributed by atoms with E-state index in [0.717, 1.165) is 6.07 Å². The molecular formula is C16H11F8NO3S. The number of halogens is 8. The Morgan fingerprint density at radius 2 is 1.83 bits per heavy atom. The number of sulfone groups is 1. The van der Waals surface area contributed by atoms with E-state index >= 15 is 0 Å². The number of benzene rings is 1. The van der Waals surface area contributed by atoms with E-state index in [2.05, 4.69) is 0 Å². The van der Waals surface area contributed by atoms with Crippen molar-refractivity contribution in [3.8, 4) is 5.69 Å². The van der Waals surface area contributed by atoms with Gasteiger partial charge in [-0.15, -0.1) is 0 Å². The van der Waals surface area contributed by atoms with Crippen molar-refractivity contribution < 1.29 is 48.6 Å². The molecule has 0 spiro atoms. The first-order chi connectivity index (χ1) is 13.2. The van der Waals surface area contributed by atoms with Crippen LogP contribution in [-0.4, -0.2) is 29.5 Å². The van der Waals surface area contributed by atoms with Gasteiger partial charge in [-0.1, -0.05) is 0 Å². The van der Waals surface area contributed by atoms with Crippen LogP contribution in [0.25, 0.3) is 5.69 Å². The molecular weight excluding hydrogens is 438 g/mol. The summed E-state index contributed by atoms with van der Waals surface area (Å²) in [5.74, 6) is -5.23. The fourth-order valence-electron chi connectivity index (χ4n) is 3.13. The first-order valence-corrected chi connectivity index (χ1v) is 9.36. The van der Waals surface area contributed by atoms with Gasteiger partial charge < -0.3 is 9.67 Å². The van der Waals surface area contributed by atoms with Crippen molar-refractivity contribution in [3.05, 3.63) is 47.0 Å². The minimum absolute atomic E-state index is 0.320. The van der Waals surface area contributed by atoms with Crippen LogP contribution in [0.1, 0.15) is 35.8 Å². The third kappa shape index (κ3) is 3.39. The average molecular weight is 449 g/mol. The number of hydrogen-bond donors (Lipinski definition) is 1. The molecule has 160 valence electrons. The zero-order valence-electron chi connectivity index (χ0n) is 14.0. The summed E-state index contributed by atoms with van der Waals surface area (Å²) < 4.78 is 131. The molecule has 29 heavy (non-hydrogen) atoms. The first-order valence-electron chi connectivity index (χ1n) is 7.88. The maximum Gasteiger partial charge on any atom is 0.501 e. The highest BCUT2D eigenvalue weighted by Crippen LogP contribution is 2.47. The standard InChI is InChI=1S/C16H11F8NO3S/c17-9-2-1-7(5-8(9)14(18)19)25-6-11(29(27,28)16(22,23)24)12-10(25)3-4-15(20,21)13(12)26/h1-2,5-6,13-14,26H,3-4H2/t13-/m0/s1.